The number of likely N-dealkylation sites (tertiary alicyclic amines) is 1. The number of rotatable bonds is 3. The number of amides is 1. The molecule has 2 fully saturated rings. The Morgan fingerprint density at radius 2 is 2.11 bits per heavy atom. The van der Waals surface area contributed by atoms with Gasteiger partial charge in [0, 0.05) is 19.1 Å². The number of piperidine rings is 1. The van der Waals surface area contributed by atoms with Crippen LogP contribution in [0, 0.1) is 5.92 Å². The first-order valence-electron chi connectivity index (χ1n) is 6.51. The SMILES string of the molecule is O=C(O)N[C@@H]1[C@H]2CC[C@@H]1N(Cc1ccccc1)C2. The Bertz CT molecular complexity index is 435. The van der Waals surface area contributed by atoms with Gasteiger partial charge in [-0.15, -0.1) is 0 Å². The Morgan fingerprint density at radius 1 is 1.33 bits per heavy atom. The predicted octanol–water partition coefficient (Wildman–Crippen LogP) is 1.92. The molecule has 18 heavy (non-hydrogen) atoms. The van der Waals surface area contributed by atoms with Crippen molar-refractivity contribution in [3.05, 3.63) is 35.9 Å². The molecule has 1 amide bonds. The molecule has 1 aromatic carbocycles. The van der Waals surface area contributed by atoms with Gasteiger partial charge in [0.2, 0.25) is 0 Å². The minimum absolute atomic E-state index is 0.131. The van der Waals surface area contributed by atoms with Crippen LogP contribution in [0.5, 0.6) is 0 Å². The topological polar surface area (TPSA) is 52.6 Å². The van der Waals surface area contributed by atoms with E-state index in [1.807, 2.05) is 6.07 Å². The van der Waals surface area contributed by atoms with E-state index in [-0.39, 0.29) is 6.04 Å². The summed E-state index contributed by atoms with van der Waals surface area (Å²) in [6.45, 7) is 1.95. The molecule has 1 saturated carbocycles. The van der Waals surface area contributed by atoms with E-state index >= 15 is 0 Å². The van der Waals surface area contributed by atoms with Gasteiger partial charge in [-0.1, -0.05) is 30.3 Å². The normalized spacial score (nSPS) is 30.6. The standard InChI is InChI=1S/C14H18N2O2/c17-14(18)15-13-11-6-7-12(13)16(9-11)8-10-4-2-1-3-5-10/h1-5,11-13,15H,6-9H2,(H,17,18)/t11-,12-,13+/m0/s1. The first kappa shape index (κ1) is 11.5. The third-order valence-corrected chi connectivity index (χ3v) is 4.21. The number of nitrogens with zero attached hydrogens (tertiary/aromatic N) is 1. The quantitative estimate of drug-likeness (QED) is 0.856. The summed E-state index contributed by atoms with van der Waals surface area (Å²) < 4.78 is 0. The molecular weight excluding hydrogens is 228 g/mol. The molecule has 3 atom stereocenters. The molecule has 1 aliphatic carbocycles. The molecular formula is C14H18N2O2. The Hall–Kier alpha value is -1.55. The molecule has 0 spiro atoms. The van der Waals surface area contributed by atoms with E-state index in [0.29, 0.717) is 12.0 Å². The largest absolute Gasteiger partial charge is 0.465 e. The van der Waals surface area contributed by atoms with Gasteiger partial charge in [0.05, 0.1) is 6.04 Å². The second kappa shape index (κ2) is 4.61. The highest BCUT2D eigenvalue weighted by Gasteiger charge is 2.47. The second-order valence-electron chi connectivity index (χ2n) is 5.30. The molecule has 2 N–H and O–H groups in total. The van der Waals surface area contributed by atoms with E-state index in [0.717, 1.165) is 25.9 Å². The van der Waals surface area contributed by atoms with Gasteiger partial charge in [-0.3, -0.25) is 4.90 Å². The zero-order valence-corrected chi connectivity index (χ0v) is 10.2. The summed E-state index contributed by atoms with van der Waals surface area (Å²) in [5.74, 6) is 0.495. The molecule has 3 rings (SSSR count). The fourth-order valence-electron chi connectivity index (χ4n) is 3.47. The molecule has 1 aromatic rings. The average Bonchev–Trinajstić information content (AvgIpc) is 2.86. The summed E-state index contributed by atoms with van der Waals surface area (Å²) >= 11 is 0. The summed E-state index contributed by atoms with van der Waals surface area (Å²) in [5, 5.41) is 11.6. The van der Waals surface area contributed by atoms with Crippen molar-refractivity contribution in [3.63, 3.8) is 0 Å². The Balaban J connectivity index is 1.68. The maximum atomic E-state index is 10.8. The molecule has 0 radical (unpaired) electrons. The highest BCUT2D eigenvalue weighted by molar-refractivity contribution is 5.65. The molecule has 4 heteroatoms. The Morgan fingerprint density at radius 3 is 2.83 bits per heavy atom. The van der Waals surface area contributed by atoms with Crippen LogP contribution in [0.3, 0.4) is 0 Å². The second-order valence-corrected chi connectivity index (χ2v) is 5.30. The van der Waals surface area contributed by atoms with Crippen molar-refractivity contribution in [2.24, 2.45) is 5.92 Å². The first-order valence-corrected chi connectivity index (χ1v) is 6.51. The van der Waals surface area contributed by atoms with Crippen LogP contribution in [-0.2, 0) is 6.54 Å². The highest BCUT2D eigenvalue weighted by atomic mass is 16.4. The third-order valence-electron chi connectivity index (χ3n) is 4.21. The number of carbonyl (C=O) groups is 1. The van der Waals surface area contributed by atoms with E-state index in [9.17, 15) is 4.79 Å². The highest BCUT2D eigenvalue weighted by Crippen LogP contribution is 2.38. The van der Waals surface area contributed by atoms with Crippen molar-refractivity contribution in [2.45, 2.75) is 31.5 Å². The summed E-state index contributed by atoms with van der Waals surface area (Å²) in [6, 6.07) is 10.9. The summed E-state index contributed by atoms with van der Waals surface area (Å²) in [5.41, 5.74) is 1.30. The maximum absolute atomic E-state index is 10.8. The zero-order chi connectivity index (χ0) is 12.5. The fourth-order valence-corrected chi connectivity index (χ4v) is 3.47. The molecule has 96 valence electrons. The zero-order valence-electron chi connectivity index (χ0n) is 10.2. The lowest BCUT2D eigenvalue weighted by molar-refractivity contribution is 0.180. The van der Waals surface area contributed by atoms with Gasteiger partial charge in [-0.05, 0) is 24.3 Å². The van der Waals surface area contributed by atoms with Gasteiger partial charge in [-0.25, -0.2) is 4.79 Å². The monoisotopic (exact) mass is 246 g/mol. The number of hydrogen-bond donors (Lipinski definition) is 2. The lowest BCUT2D eigenvalue weighted by atomic mass is 10.1. The number of fused-ring (bicyclic) bond motifs is 2. The van der Waals surface area contributed by atoms with Gasteiger partial charge in [-0.2, -0.15) is 0 Å². The van der Waals surface area contributed by atoms with Crippen LogP contribution >= 0.6 is 0 Å². The van der Waals surface area contributed by atoms with Crippen molar-refractivity contribution in [1.82, 2.24) is 10.2 Å². The average molecular weight is 246 g/mol. The van der Waals surface area contributed by atoms with Gasteiger partial charge >= 0.3 is 6.09 Å². The molecule has 1 aliphatic heterocycles. The van der Waals surface area contributed by atoms with Crippen LogP contribution in [0.2, 0.25) is 0 Å². The van der Waals surface area contributed by atoms with Crippen LogP contribution in [0.25, 0.3) is 0 Å². The van der Waals surface area contributed by atoms with E-state index in [4.69, 9.17) is 5.11 Å². The van der Waals surface area contributed by atoms with Crippen LogP contribution in [0.1, 0.15) is 18.4 Å². The number of nitrogens with one attached hydrogen (secondary N) is 1. The first-order chi connectivity index (χ1) is 8.74. The van der Waals surface area contributed by atoms with Gasteiger partial charge < -0.3 is 10.4 Å². The van der Waals surface area contributed by atoms with E-state index in [2.05, 4.69) is 34.5 Å². The molecule has 1 saturated heterocycles. The van der Waals surface area contributed by atoms with Crippen LogP contribution < -0.4 is 5.32 Å². The van der Waals surface area contributed by atoms with Crippen molar-refractivity contribution in [2.75, 3.05) is 6.54 Å². The third kappa shape index (κ3) is 2.08. The lowest BCUT2D eigenvalue weighted by Gasteiger charge is -2.27. The van der Waals surface area contributed by atoms with Crippen molar-refractivity contribution in [1.29, 1.82) is 0 Å². The van der Waals surface area contributed by atoms with Crippen LogP contribution in [0.4, 0.5) is 4.79 Å². The van der Waals surface area contributed by atoms with Gasteiger partial charge in [0.15, 0.2) is 0 Å². The van der Waals surface area contributed by atoms with Crippen molar-refractivity contribution in [3.8, 4) is 0 Å². The van der Waals surface area contributed by atoms with Crippen LogP contribution in [0.15, 0.2) is 30.3 Å². The lowest BCUT2D eigenvalue weighted by Crippen LogP contribution is -2.42. The summed E-state index contributed by atoms with van der Waals surface area (Å²) in [6.07, 6.45) is 1.38. The number of benzene rings is 1. The molecule has 2 aliphatic rings. The van der Waals surface area contributed by atoms with E-state index in [1.54, 1.807) is 0 Å². The summed E-state index contributed by atoms with van der Waals surface area (Å²) in [7, 11) is 0. The van der Waals surface area contributed by atoms with Gasteiger partial charge in [0.1, 0.15) is 0 Å². The van der Waals surface area contributed by atoms with E-state index < -0.39 is 6.09 Å². The number of hydrogen-bond acceptors (Lipinski definition) is 2. The predicted molar refractivity (Wildman–Crippen MR) is 68.3 cm³/mol. The Labute approximate surface area is 107 Å². The minimum Gasteiger partial charge on any atom is -0.465 e. The van der Waals surface area contributed by atoms with Crippen LogP contribution in [-0.4, -0.2) is 34.7 Å². The van der Waals surface area contributed by atoms with Crippen molar-refractivity contribution < 1.29 is 9.90 Å². The van der Waals surface area contributed by atoms with E-state index in [1.165, 1.54) is 5.56 Å². The molecule has 4 nitrogen and oxygen atoms in total. The molecule has 1 heterocycles. The molecule has 0 unspecified atom stereocenters. The fraction of sp³-hybridized carbons (Fsp3) is 0.500. The number of carboxylic acid groups (broad SMARTS) is 1. The maximum Gasteiger partial charge on any atom is 0.404 e. The minimum atomic E-state index is -0.890. The molecule has 0 aromatic heterocycles. The Kier molecular flexibility index (Phi) is 2.96. The smallest absolute Gasteiger partial charge is 0.404 e. The molecule has 2 bridgehead atoms. The summed E-state index contributed by atoms with van der Waals surface area (Å²) in [4.78, 5) is 13.2. The van der Waals surface area contributed by atoms with Gasteiger partial charge in [0.25, 0.3) is 0 Å². The van der Waals surface area contributed by atoms with Crippen molar-refractivity contribution >= 4 is 6.09 Å².